The molecular weight excluding hydrogens is 194 g/mol. The molecule has 4 nitrogen and oxygen atoms in total. The standard InChI is InChI=1S/C11H11NO3/c1-7-10(8(2)13)12-15-11(7)5-3-9(14)4-6-11/h3-7H,1-2H3. The van der Waals surface area contributed by atoms with E-state index in [0.29, 0.717) is 5.71 Å². The van der Waals surface area contributed by atoms with E-state index in [1.165, 1.54) is 19.1 Å². The van der Waals surface area contributed by atoms with Gasteiger partial charge in [-0.1, -0.05) is 12.1 Å². The highest BCUT2D eigenvalue weighted by molar-refractivity contribution is 6.40. The summed E-state index contributed by atoms with van der Waals surface area (Å²) in [6.07, 6.45) is 6.18. The van der Waals surface area contributed by atoms with Gasteiger partial charge in [0.2, 0.25) is 0 Å². The van der Waals surface area contributed by atoms with E-state index in [2.05, 4.69) is 5.16 Å². The van der Waals surface area contributed by atoms with Crippen LogP contribution < -0.4 is 0 Å². The zero-order valence-corrected chi connectivity index (χ0v) is 8.56. The molecule has 0 aromatic heterocycles. The molecule has 78 valence electrons. The molecule has 15 heavy (non-hydrogen) atoms. The average Bonchev–Trinajstić information content (AvgIpc) is 2.50. The summed E-state index contributed by atoms with van der Waals surface area (Å²) in [6.45, 7) is 3.32. The van der Waals surface area contributed by atoms with Gasteiger partial charge in [0.25, 0.3) is 0 Å². The van der Waals surface area contributed by atoms with E-state index in [1.807, 2.05) is 6.92 Å². The molecule has 4 heteroatoms. The maximum Gasteiger partial charge on any atom is 0.183 e. The van der Waals surface area contributed by atoms with Gasteiger partial charge < -0.3 is 4.84 Å². The van der Waals surface area contributed by atoms with E-state index in [1.54, 1.807) is 12.2 Å². The zero-order valence-electron chi connectivity index (χ0n) is 8.56. The van der Waals surface area contributed by atoms with Crippen molar-refractivity contribution in [1.29, 1.82) is 0 Å². The second-order valence-corrected chi connectivity index (χ2v) is 3.77. The minimum Gasteiger partial charge on any atom is -0.380 e. The number of ketones is 2. The lowest BCUT2D eigenvalue weighted by Crippen LogP contribution is -2.36. The van der Waals surface area contributed by atoms with Crippen molar-refractivity contribution >= 4 is 17.3 Å². The predicted octanol–water partition coefficient (Wildman–Crippen LogP) is 1.03. The lowest BCUT2D eigenvalue weighted by atomic mass is 9.82. The topological polar surface area (TPSA) is 55.7 Å². The van der Waals surface area contributed by atoms with Crippen molar-refractivity contribution in [3.8, 4) is 0 Å². The molecule has 0 N–H and O–H groups in total. The van der Waals surface area contributed by atoms with Crippen LogP contribution in [0, 0.1) is 5.92 Å². The molecule has 2 aliphatic rings. The molecule has 1 atom stereocenters. The number of hydrogen-bond acceptors (Lipinski definition) is 4. The van der Waals surface area contributed by atoms with Crippen LogP contribution in [0.2, 0.25) is 0 Å². The predicted molar refractivity (Wildman–Crippen MR) is 54.4 cm³/mol. The Hall–Kier alpha value is -1.71. The van der Waals surface area contributed by atoms with Crippen LogP contribution in [0.25, 0.3) is 0 Å². The van der Waals surface area contributed by atoms with Crippen molar-refractivity contribution in [3.63, 3.8) is 0 Å². The molecule has 0 amide bonds. The Kier molecular flexibility index (Phi) is 2.07. The van der Waals surface area contributed by atoms with Crippen molar-refractivity contribution in [2.24, 2.45) is 11.1 Å². The number of rotatable bonds is 1. The lowest BCUT2D eigenvalue weighted by Gasteiger charge is -2.25. The van der Waals surface area contributed by atoms with Crippen LogP contribution in [0.3, 0.4) is 0 Å². The Bertz CT molecular complexity index is 402. The second-order valence-electron chi connectivity index (χ2n) is 3.77. The largest absolute Gasteiger partial charge is 0.380 e. The van der Waals surface area contributed by atoms with Crippen molar-refractivity contribution < 1.29 is 14.4 Å². The number of carbonyl (C=O) groups excluding carboxylic acids is 2. The maximum atomic E-state index is 11.2. The maximum absolute atomic E-state index is 11.2. The highest BCUT2D eigenvalue weighted by Gasteiger charge is 2.44. The first-order chi connectivity index (χ1) is 7.05. The van der Waals surface area contributed by atoms with Crippen molar-refractivity contribution in [3.05, 3.63) is 24.3 Å². The first kappa shape index (κ1) is 9.83. The van der Waals surface area contributed by atoms with Crippen molar-refractivity contribution in [1.82, 2.24) is 0 Å². The van der Waals surface area contributed by atoms with Gasteiger partial charge in [-0.2, -0.15) is 0 Å². The van der Waals surface area contributed by atoms with Crippen LogP contribution in [0.4, 0.5) is 0 Å². The number of oxime groups is 1. The van der Waals surface area contributed by atoms with Gasteiger partial charge in [-0.3, -0.25) is 9.59 Å². The van der Waals surface area contributed by atoms with Crippen LogP contribution in [-0.4, -0.2) is 22.9 Å². The summed E-state index contributed by atoms with van der Waals surface area (Å²) in [5, 5.41) is 3.77. The van der Waals surface area contributed by atoms with Gasteiger partial charge in [-0.15, -0.1) is 0 Å². The molecule has 0 saturated carbocycles. The van der Waals surface area contributed by atoms with Crippen molar-refractivity contribution in [2.75, 3.05) is 0 Å². The van der Waals surface area contributed by atoms with Crippen molar-refractivity contribution in [2.45, 2.75) is 19.4 Å². The molecule has 1 spiro atoms. The van der Waals surface area contributed by atoms with E-state index >= 15 is 0 Å². The number of nitrogens with zero attached hydrogens (tertiary/aromatic N) is 1. The summed E-state index contributed by atoms with van der Waals surface area (Å²) in [7, 11) is 0. The van der Waals surface area contributed by atoms with E-state index < -0.39 is 5.60 Å². The fraction of sp³-hybridized carbons (Fsp3) is 0.364. The normalized spacial score (nSPS) is 26.7. The molecule has 0 radical (unpaired) electrons. The van der Waals surface area contributed by atoms with Gasteiger partial charge in [0.05, 0.1) is 5.92 Å². The quantitative estimate of drug-likeness (QED) is 0.642. The minimum absolute atomic E-state index is 0.0762. The Labute approximate surface area is 87.3 Å². The third kappa shape index (κ3) is 1.42. The number of carbonyl (C=O) groups is 2. The van der Waals surface area contributed by atoms with Gasteiger partial charge in [0.15, 0.2) is 17.2 Å². The van der Waals surface area contributed by atoms with Crippen LogP contribution in [0.1, 0.15) is 13.8 Å². The van der Waals surface area contributed by atoms with Gasteiger partial charge in [0, 0.05) is 6.92 Å². The van der Waals surface area contributed by atoms with Crippen LogP contribution in [0.15, 0.2) is 29.5 Å². The van der Waals surface area contributed by atoms with Gasteiger partial charge >= 0.3 is 0 Å². The number of hydrogen-bond donors (Lipinski definition) is 0. The SMILES string of the molecule is CC(=O)C1=NOC2(C=CC(=O)C=C2)C1C. The first-order valence-electron chi connectivity index (χ1n) is 4.74. The molecule has 2 rings (SSSR count). The first-order valence-corrected chi connectivity index (χ1v) is 4.74. The molecule has 1 heterocycles. The third-order valence-corrected chi connectivity index (χ3v) is 2.77. The fourth-order valence-corrected chi connectivity index (χ4v) is 1.75. The molecule has 0 bridgehead atoms. The molecule has 1 aliphatic carbocycles. The molecule has 0 aromatic rings. The molecule has 0 saturated heterocycles. The highest BCUT2D eigenvalue weighted by Crippen LogP contribution is 2.34. The van der Waals surface area contributed by atoms with Gasteiger partial charge in [-0.05, 0) is 24.3 Å². The van der Waals surface area contributed by atoms with E-state index in [0.717, 1.165) is 0 Å². The second kappa shape index (κ2) is 3.15. The summed E-state index contributed by atoms with van der Waals surface area (Å²) in [4.78, 5) is 27.5. The number of Topliss-reactive ketones (excluding diaryl/α,β-unsaturated/α-hetero) is 1. The molecule has 1 unspecified atom stereocenters. The number of allylic oxidation sites excluding steroid dienone is 2. The summed E-state index contributed by atoms with van der Waals surface area (Å²) >= 11 is 0. The summed E-state index contributed by atoms with van der Waals surface area (Å²) < 4.78 is 0. The average molecular weight is 205 g/mol. The van der Waals surface area contributed by atoms with E-state index in [9.17, 15) is 9.59 Å². The summed E-state index contributed by atoms with van der Waals surface area (Å²) in [5.41, 5.74) is -0.326. The van der Waals surface area contributed by atoms with Gasteiger partial charge in [0.1, 0.15) is 5.71 Å². The fourth-order valence-electron chi connectivity index (χ4n) is 1.75. The molecule has 0 aromatic carbocycles. The van der Waals surface area contributed by atoms with Crippen LogP contribution >= 0.6 is 0 Å². The molecule has 0 fully saturated rings. The summed E-state index contributed by atoms with van der Waals surface area (Å²) in [5.74, 6) is -0.332. The lowest BCUT2D eigenvalue weighted by molar-refractivity contribution is -0.111. The van der Waals surface area contributed by atoms with Gasteiger partial charge in [-0.25, -0.2) is 0 Å². The Morgan fingerprint density at radius 3 is 2.53 bits per heavy atom. The highest BCUT2D eigenvalue weighted by atomic mass is 16.7. The Morgan fingerprint density at radius 1 is 1.47 bits per heavy atom. The monoisotopic (exact) mass is 205 g/mol. The molecular formula is C11H11NO3. The summed E-state index contributed by atoms with van der Waals surface area (Å²) in [6, 6.07) is 0. The van der Waals surface area contributed by atoms with Crippen LogP contribution in [0.5, 0.6) is 0 Å². The zero-order chi connectivity index (χ0) is 11.1. The van der Waals surface area contributed by atoms with E-state index in [4.69, 9.17) is 4.84 Å². The molecule has 1 aliphatic heterocycles. The Balaban J connectivity index is 2.30. The van der Waals surface area contributed by atoms with E-state index in [-0.39, 0.29) is 17.5 Å². The smallest absolute Gasteiger partial charge is 0.183 e. The third-order valence-electron chi connectivity index (χ3n) is 2.77. The van der Waals surface area contributed by atoms with Crippen LogP contribution in [-0.2, 0) is 14.4 Å². The Morgan fingerprint density at radius 2 is 2.07 bits per heavy atom. The minimum atomic E-state index is -0.741.